The Morgan fingerprint density at radius 1 is 1.07 bits per heavy atom. The van der Waals surface area contributed by atoms with Crippen molar-refractivity contribution in [2.24, 2.45) is 0 Å². The highest BCUT2D eigenvalue weighted by atomic mass is 32.2. The summed E-state index contributed by atoms with van der Waals surface area (Å²) in [6, 6.07) is 17.3. The first-order valence-corrected chi connectivity index (χ1v) is 9.90. The Morgan fingerprint density at radius 3 is 2.63 bits per heavy atom. The molecule has 3 nitrogen and oxygen atoms in total. The molecule has 5 heteroatoms. The Bertz CT molecular complexity index is 1070. The highest BCUT2D eigenvalue weighted by Crippen LogP contribution is 2.29. The third kappa shape index (κ3) is 3.88. The average molecular weight is 377 g/mol. The van der Waals surface area contributed by atoms with Crippen molar-refractivity contribution >= 4 is 17.3 Å². The number of hydrogen-bond acceptors (Lipinski definition) is 3. The average Bonchev–Trinajstić information content (AvgIpc) is 3.11. The number of aromatic nitrogens is 3. The lowest BCUT2D eigenvalue weighted by molar-refractivity contribution is 0.626. The van der Waals surface area contributed by atoms with Gasteiger partial charge in [0.05, 0.1) is 11.2 Å². The lowest BCUT2D eigenvalue weighted by Crippen LogP contribution is -1.92. The van der Waals surface area contributed by atoms with Crippen molar-refractivity contribution < 1.29 is 4.39 Å². The van der Waals surface area contributed by atoms with Gasteiger partial charge >= 0.3 is 0 Å². The maximum atomic E-state index is 13.4. The summed E-state index contributed by atoms with van der Waals surface area (Å²) in [4.78, 5) is 4.50. The van der Waals surface area contributed by atoms with Crippen molar-refractivity contribution in [2.45, 2.75) is 30.5 Å². The van der Waals surface area contributed by atoms with Crippen molar-refractivity contribution in [1.82, 2.24) is 14.6 Å². The summed E-state index contributed by atoms with van der Waals surface area (Å²) in [5.41, 5.74) is 5.22. The van der Waals surface area contributed by atoms with Gasteiger partial charge in [0.15, 0.2) is 0 Å². The van der Waals surface area contributed by atoms with Crippen molar-refractivity contribution in [2.75, 3.05) is 0 Å². The lowest BCUT2D eigenvalue weighted by atomic mass is 10.0. The van der Waals surface area contributed by atoms with Crippen LogP contribution < -0.4 is 0 Å². The van der Waals surface area contributed by atoms with Crippen LogP contribution in [0.25, 0.3) is 16.8 Å². The van der Waals surface area contributed by atoms with Gasteiger partial charge < -0.3 is 0 Å². The summed E-state index contributed by atoms with van der Waals surface area (Å²) in [5, 5.41) is 5.58. The summed E-state index contributed by atoms with van der Waals surface area (Å²) >= 11 is 1.59. The monoisotopic (exact) mass is 377 g/mol. The third-order valence-corrected chi connectivity index (χ3v) is 5.56. The van der Waals surface area contributed by atoms with Crippen LogP contribution in [-0.2, 0) is 5.75 Å². The Kier molecular flexibility index (Phi) is 4.94. The molecule has 0 bridgehead atoms. The van der Waals surface area contributed by atoms with E-state index < -0.39 is 0 Å². The quantitative estimate of drug-likeness (QED) is 0.403. The molecule has 2 heterocycles. The molecule has 0 unspecified atom stereocenters. The van der Waals surface area contributed by atoms with Crippen LogP contribution in [0.5, 0.6) is 0 Å². The molecule has 27 heavy (non-hydrogen) atoms. The minimum Gasteiger partial charge on any atom is -0.246 e. The molecule has 0 N–H and O–H groups in total. The highest BCUT2D eigenvalue weighted by molar-refractivity contribution is 7.98. The zero-order valence-electron chi connectivity index (χ0n) is 15.3. The number of nitrogens with zero attached hydrogens (tertiary/aromatic N) is 3. The standard InChI is InChI=1S/C22H20FN3S/c1-15(2)17-6-8-18(9-7-17)20-13-21-22(24-10-11-26(21)25-20)27-14-16-4-3-5-19(23)12-16/h3-13,15H,14H2,1-2H3. The van der Waals surface area contributed by atoms with Crippen LogP contribution >= 0.6 is 11.8 Å². The molecular weight excluding hydrogens is 357 g/mol. The molecule has 2 aromatic heterocycles. The van der Waals surface area contributed by atoms with E-state index in [0.717, 1.165) is 27.4 Å². The van der Waals surface area contributed by atoms with E-state index in [9.17, 15) is 4.39 Å². The second-order valence-electron chi connectivity index (χ2n) is 6.79. The SMILES string of the molecule is CC(C)c1ccc(-c2cc3c(SCc4cccc(F)c4)nccn3n2)cc1. The van der Waals surface area contributed by atoms with Crippen molar-refractivity contribution in [1.29, 1.82) is 0 Å². The zero-order chi connectivity index (χ0) is 18.8. The molecule has 0 atom stereocenters. The van der Waals surface area contributed by atoms with Crippen LogP contribution in [0.15, 0.2) is 72.0 Å². The molecular formula is C22H20FN3S. The normalized spacial score (nSPS) is 11.4. The largest absolute Gasteiger partial charge is 0.246 e. The van der Waals surface area contributed by atoms with Gasteiger partial charge in [-0.15, -0.1) is 0 Å². The number of thioether (sulfide) groups is 1. The van der Waals surface area contributed by atoms with Gasteiger partial charge in [-0.3, -0.25) is 0 Å². The fraction of sp³-hybridized carbons (Fsp3) is 0.182. The van der Waals surface area contributed by atoms with Crippen LogP contribution in [0.2, 0.25) is 0 Å². The van der Waals surface area contributed by atoms with E-state index in [1.54, 1.807) is 30.1 Å². The minimum absolute atomic E-state index is 0.212. The van der Waals surface area contributed by atoms with Crippen LogP contribution in [0.1, 0.15) is 30.9 Å². The van der Waals surface area contributed by atoms with E-state index in [1.165, 1.54) is 11.6 Å². The first kappa shape index (κ1) is 17.7. The van der Waals surface area contributed by atoms with E-state index in [-0.39, 0.29) is 5.82 Å². The molecule has 4 aromatic rings. The summed E-state index contributed by atoms with van der Waals surface area (Å²) in [7, 11) is 0. The maximum Gasteiger partial charge on any atom is 0.123 e. The van der Waals surface area contributed by atoms with Gasteiger partial charge in [0, 0.05) is 23.7 Å². The van der Waals surface area contributed by atoms with E-state index in [4.69, 9.17) is 5.10 Å². The summed E-state index contributed by atoms with van der Waals surface area (Å²) < 4.78 is 15.2. The fourth-order valence-electron chi connectivity index (χ4n) is 2.97. The van der Waals surface area contributed by atoms with Crippen LogP contribution in [-0.4, -0.2) is 14.6 Å². The fourth-order valence-corrected chi connectivity index (χ4v) is 3.89. The molecule has 0 saturated heterocycles. The minimum atomic E-state index is -0.212. The van der Waals surface area contributed by atoms with E-state index in [0.29, 0.717) is 11.7 Å². The Hall–Kier alpha value is -2.66. The first-order valence-electron chi connectivity index (χ1n) is 8.92. The van der Waals surface area contributed by atoms with Gasteiger partial charge in [-0.1, -0.05) is 62.0 Å². The Labute approximate surface area is 162 Å². The molecule has 4 rings (SSSR count). The topological polar surface area (TPSA) is 30.2 Å². The van der Waals surface area contributed by atoms with Gasteiger partial charge in [-0.25, -0.2) is 13.9 Å². The lowest BCUT2D eigenvalue weighted by Gasteiger charge is -2.05. The van der Waals surface area contributed by atoms with Gasteiger partial charge in [0.25, 0.3) is 0 Å². The van der Waals surface area contributed by atoms with Crippen LogP contribution in [0.3, 0.4) is 0 Å². The number of benzene rings is 2. The number of halogens is 1. The van der Waals surface area contributed by atoms with E-state index in [2.05, 4.69) is 49.2 Å². The zero-order valence-corrected chi connectivity index (χ0v) is 16.1. The summed E-state index contributed by atoms with van der Waals surface area (Å²) in [6.07, 6.45) is 3.60. The Morgan fingerprint density at radius 2 is 1.89 bits per heavy atom. The van der Waals surface area contributed by atoms with Crippen LogP contribution in [0.4, 0.5) is 4.39 Å². The highest BCUT2D eigenvalue weighted by Gasteiger charge is 2.10. The predicted octanol–water partition coefficient (Wildman–Crippen LogP) is 5.95. The van der Waals surface area contributed by atoms with Gasteiger partial charge in [-0.05, 0) is 35.2 Å². The number of fused-ring (bicyclic) bond motifs is 1. The Balaban J connectivity index is 1.61. The predicted molar refractivity (Wildman–Crippen MR) is 108 cm³/mol. The summed E-state index contributed by atoms with van der Waals surface area (Å²) in [5.74, 6) is 0.958. The van der Waals surface area contributed by atoms with Crippen LogP contribution in [0, 0.1) is 5.82 Å². The molecule has 0 spiro atoms. The molecule has 0 aliphatic rings. The summed E-state index contributed by atoms with van der Waals surface area (Å²) in [6.45, 7) is 4.38. The number of hydrogen-bond donors (Lipinski definition) is 0. The second kappa shape index (κ2) is 7.53. The van der Waals surface area contributed by atoms with E-state index in [1.807, 2.05) is 16.8 Å². The van der Waals surface area contributed by atoms with Crippen molar-refractivity contribution in [3.8, 4) is 11.3 Å². The third-order valence-electron chi connectivity index (χ3n) is 4.49. The molecule has 0 fully saturated rings. The van der Waals surface area contributed by atoms with Gasteiger partial charge in [0.2, 0.25) is 0 Å². The first-order chi connectivity index (χ1) is 13.1. The molecule has 0 amide bonds. The molecule has 0 aliphatic heterocycles. The van der Waals surface area contributed by atoms with Gasteiger partial charge in [-0.2, -0.15) is 5.10 Å². The van der Waals surface area contributed by atoms with Gasteiger partial charge in [0.1, 0.15) is 10.8 Å². The van der Waals surface area contributed by atoms with Crippen molar-refractivity contribution in [3.05, 3.63) is 83.9 Å². The molecule has 136 valence electrons. The van der Waals surface area contributed by atoms with E-state index >= 15 is 0 Å². The molecule has 0 saturated carbocycles. The smallest absolute Gasteiger partial charge is 0.123 e. The molecule has 0 radical (unpaired) electrons. The maximum absolute atomic E-state index is 13.4. The number of rotatable bonds is 5. The molecule has 0 aliphatic carbocycles. The molecule has 2 aromatic carbocycles. The van der Waals surface area contributed by atoms with Crippen molar-refractivity contribution in [3.63, 3.8) is 0 Å². The second-order valence-corrected chi connectivity index (χ2v) is 7.75.